The fourth-order valence-corrected chi connectivity index (χ4v) is 1.97. The van der Waals surface area contributed by atoms with E-state index >= 15 is 0 Å². The second kappa shape index (κ2) is 2.15. The van der Waals surface area contributed by atoms with Gasteiger partial charge in [0.2, 0.25) is 0 Å². The number of fused-ring (bicyclic) bond motifs is 2. The van der Waals surface area contributed by atoms with E-state index in [9.17, 15) is 9.18 Å². The van der Waals surface area contributed by atoms with E-state index in [4.69, 9.17) is 4.74 Å². The van der Waals surface area contributed by atoms with Crippen LogP contribution in [0, 0.1) is 5.82 Å². The SMILES string of the molecule is CN1C(=O)[C@]2(CO2)c2cc(F)ccc21. The van der Waals surface area contributed by atoms with Gasteiger partial charge in [0, 0.05) is 12.6 Å². The number of carbonyl (C=O) groups excluding carboxylic acids is 1. The lowest BCUT2D eigenvalue weighted by Gasteiger charge is -2.08. The van der Waals surface area contributed by atoms with E-state index in [1.54, 1.807) is 13.1 Å². The fourth-order valence-electron chi connectivity index (χ4n) is 1.97. The summed E-state index contributed by atoms with van der Waals surface area (Å²) in [6.45, 7) is 0.368. The lowest BCUT2D eigenvalue weighted by molar-refractivity contribution is -0.122. The van der Waals surface area contributed by atoms with Crippen LogP contribution in [-0.4, -0.2) is 19.6 Å². The number of likely N-dealkylation sites (N-methyl/N-ethyl adjacent to an activating group) is 1. The monoisotopic (exact) mass is 193 g/mol. The van der Waals surface area contributed by atoms with E-state index in [0.29, 0.717) is 12.2 Å². The Hall–Kier alpha value is -1.42. The number of amides is 1. The summed E-state index contributed by atoms with van der Waals surface area (Å²) in [7, 11) is 1.68. The highest BCUT2D eigenvalue weighted by Gasteiger charge is 2.61. The van der Waals surface area contributed by atoms with Gasteiger partial charge >= 0.3 is 0 Å². The van der Waals surface area contributed by atoms with Gasteiger partial charge in [-0.2, -0.15) is 0 Å². The number of carbonyl (C=O) groups is 1. The first-order valence-corrected chi connectivity index (χ1v) is 4.37. The zero-order valence-corrected chi connectivity index (χ0v) is 7.58. The highest BCUT2D eigenvalue weighted by molar-refractivity contribution is 6.08. The maximum Gasteiger partial charge on any atom is 0.266 e. The van der Waals surface area contributed by atoms with Gasteiger partial charge in [0.05, 0.1) is 12.3 Å². The van der Waals surface area contributed by atoms with Crippen molar-refractivity contribution in [3.05, 3.63) is 29.6 Å². The Balaban J connectivity index is 2.27. The van der Waals surface area contributed by atoms with Crippen LogP contribution in [-0.2, 0) is 15.1 Å². The summed E-state index contributed by atoms with van der Waals surface area (Å²) in [6, 6.07) is 4.34. The quantitative estimate of drug-likeness (QED) is 0.576. The van der Waals surface area contributed by atoms with E-state index in [2.05, 4.69) is 0 Å². The van der Waals surface area contributed by atoms with Crippen molar-refractivity contribution in [2.24, 2.45) is 0 Å². The highest BCUT2D eigenvalue weighted by Crippen LogP contribution is 2.50. The molecule has 0 radical (unpaired) electrons. The molecule has 3 nitrogen and oxygen atoms in total. The molecular weight excluding hydrogens is 185 g/mol. The minimum Gasteiger partial charge on any atom is -0.354 e. The molecule has 0 aliphatic carbocycles. The number of rotatable bonds is 0. The summed E-state index contributed by atoms with van der Waals surface area (Å²) < 4.78 is 18.2. The van der Waals surface area contributed by atoms with Gasteiger partial charge in [-0.3, -0.25) is 4.79 Å². The molecule has 1 saturated heterocycles. The highest BCUT2D eigenvalue weighted by atomic mass is 19.1. The summed E-state index contributed by atoms with van der Waals surface area (Å²) >= 11 is 0. The lowest BCUT2D eigenvalue weighted by atomic mass is 10.0. The summed E-state index contributed by atoms with van der Waals surface area (Å²) in [5.41, 5.74) is 0.547. The van der Waals surface area contributed by atoms with E-state index < -0.39 is 5.60 Å². The van der Waals surface area contributed by atoms with Crippen molar-refractivity contribution in [2.75, 3.05) is 18.6 Å². The second-order valence-electron chi connectivity index (χ2n) is 3.64. The maximum atomic E-state index is 13.0. The minimum atomic E-state index is -0.855. The van der Waals surface area contributed by atoms with Crippen LogP contribution in [0.25, 0.3) is 0 Å². The van der Waals surface area contributed by atoms with E-state index in [1.165, 1.54) is 17.0 Å². The Morgan fingerprint density at radius 3 is 2.93 bits per heavy atom. The van der Waals surface area contributed by atoms with Crippen molar-refractivity contribution in [3.8, 4) is 0 Å². The topological polar surface area (TPSA) is 32.8 Å². The van der Waals surface area contributed by atoms with Crippen LogP contribution >= 0.6 is 0 Å². The Bertz CT molecular complexity index is 440. The molecule has 1 amide bonds. The number of hydrogen-bond acceptors (Lipinski definition) is 2. The zero-order valence-electron chi connectivity index (χ0n) is 7.58. The van der Waals surface area contributed by atoms with Crippen LogP contribution in [0.15, 0.2) is 18.2 Å². The van der Waals surface area contributed by atoms with Gasteiger partial charge in [0.15, 0.2) is 5.60 Å². The van der Waals surface area contributed by atoms with Gasteiger partial charge in [0.1, 0.15) is 5.82 Å². The van der Waals surface area contributed by atoms with E-state index in [1.807, 2.05) is 0 Å². The average molecular weight is 193 g/mol. The normalized spacial score (nSPS) is 28.4. The van der Waals surface area contributed by atoms with Crippen LogP contribution < -0.4 is 4.90 Å². The smallest absolute Gasteiger partial charge is 0.266 e. The molecule has 1 atom stereocenters. The van der Waals surface area contributed by atoms with Crippen molar-refractivity contribution in [3.63, 3.8) is 0 Å². The summed E-state index contributed by atoms with van der Waals surface area (Å²) in [5.74, 6) is -0.431. The first-order chi connectivity index (χ1) is 6.65. The third-order valence-corrected chi connectivity index (χ3v) is 2.84. The molecule has 0 bridgehead atoms. The molecule has 0 N–H and O–H groups in total. The average Bonchev–Trinajstić information content (AvgIpc) is 2.93. The summed E-state index contributed by atoms with van der Waals surface area (Å²) in [5, 5.41) is 0. The molecule has 4 heteroatoms. The molecule has 1 aromatic rings. The minimum absolute atomic E-state index is 0.0990. The number of hydrogen-bond donors (Lipinski definition) is 0. The molecular formula is C10H8FNO2. The largest absolute Gasteiger partial charge is 0.354 e. The van der Waals surface area contributed by atoms with Crippen molar-refractivity contribution >= 4 is 11.6 Å². The van der Waals surface area contributed by atoms with Gasteiger partial charge in [-0.1, -0.05) is 0 Å². The van der Waals surface area contributed by atoms with Crippen molar-refractivity contribution < 1.29 is 13.9 Å². The maximum absolute atomic E-state index is 13.0. The first kappa shape index (κ1) is 7.94. The van der Waals surface area contributed by atoms with Crippen molar-refractivity contribution in [2.45, 2.75) is 5.60 Å². The van der Waals surface area contributed by atoms with Gasteiger partial charge in [-0.25, -0.2) is 4.39 Å². The molecule has 1 spiro atoms. The molecule has 2 aliphatic heterocycles. The van der Waals surface area contributed by atoms with Gasteiger partial charge < -0.3 is 9.64 Å². The number of anilines is 1. The van der Waals surface area contributed by atoms with Gasteiger partial charge in [0.25, 0.3) is 5.91 Å². The molecule has 3 rings (SSSR count). The van der Waals surface area contributed by atoms with Crippen LogP contribution in [0.4, 0.5) is 10.1 Å². The predicted octanol–water partition coefficient (Wildman–Crippen LogP) is 1.03. The Labute approximate surface area is 80.1 Å². The Kier molecular flexibility index (Phi) is 1.22. The summed E-state index contributed by atoms with van der Waals surface area (Å²) in [6.07, 6.45) is 0. The summed E-state index contributed by atoms with van der Waals surface area (Å²) in [4.78, 5) is 13.3. The zero-order chi connectivity index (χ0) is 9.92. The number of epoxide rings is 1. The second-order valence-corrected chi connectivity index (χ2v) is 3.64. The Morgan fingerprint density at radius 2 is 2.29 bits per heavy atom. The van der Waals surface area contributed by atoms with Crippen LogP contribution in [0.1, 0.15) is 5.56 Å². The molecule has 1 fully saturated rings. The molecule has 14 heavy (non-hydrogen) atoms. The molecule has 72 valence electrons. The molecule has 2 aliphatic rings. The number of halogens is 1. The van der Waals surface area contributed by atoms with Gasteiger partial charge in [-0.05, 0) is 18.2 Å². The number of ether oxygens (including phenoxy) is 1. The van der Waals surface area contributed by atoms with E-state index in [0.717, 1.165) is 5.69 Å². The van der Waals surface area contributed by atoms with Gasteiger partial charge in [-0.15, -0.1) is 0 Å². The van der Waals surface area contributed by atoms with Crippen LogP contribution in [0.3, 0.4) is 0 Å². The number of nitrogens with zero attached hydrogens (tertiary/aromatic N) is 1. The fraction of sp³-hybridized carbons (Fsp3) is 0.300. The Morgan fingerprint density at radius 1 is 1.57 bits per heavy atom. The molecule has 0 unspecified atom stereocenters. The lowest BCUT2D eigenvalue weighted by Crippen LogP contribution is -2.28. The van der Waals surface area contributed by atoms with Crippen LogP contribution in [0.2, 0.25) is 0 Å². The van der Waals surface area contributed by atoms with Crippen molar-refractivity contribution in [1.82, 2.24) is 0 Å². The standard InChI is InChI=1S/C10H8FNO2/c1-12-8-3-2-6(11)4-7(8)10(5-14-10)9(12)13/h2-4H,5H2,1H3/t10-/m0/s1. The van der Waals surface area contributed by atoms with Crippen LogP contribution in [0.5, 0.6) is 0 Å². The predicted molar refractivity (Wildman–Crippen MR) is 47.4 cm³/mol. The molecule has 1 aromatic carbocycles. The first-order valence-electron chi connectivity index (χ1n) is 4.37. The molecule has 2 heterocycles. The third kappa shape index (κ3) is 0.726. The molecule has 0 saturated carbocycles. The van der Waals surface area contributed by atoms with Crippen molar-refractivity contribution in [1.29, 1.82) is 0 Å². The molecule has 0 aromatic heterocycles. The number of benzene rings is 1. The third-order valence-electron chi connectivity index (χ3n) is 2.84. The van der Waals surface area contributed by atoms with E-state index in [-0.39, 0.29) is 11.7 Å².